The van der Waals surface area contributed by atoms with E-state index in [0.29, 0.717) is 12.0 Å². The average Bonchev–Trinajstić information content (AvgIpc) is 2.50. The minimum atomic E-state index is -0.759. The van der Waals surface area contributed by atoms with Gasteiger partial charge < -0.3 is 10.5 Å². The van der Waals surface area contributed by atoms with Crippen LogP contribution in [-0.2, 0) is 11.2 Å². The molecule has 0 heterocycles. The molecule has 2 aromatic carbocycles. The zero-order chi connectivity index (χ0) is 16.8. The molecule has 4 nitrogen and oxygen atoms in total. The second-order valence-corrected chi connectivity index (χ2v) is 6.47. The van der Waals surface area contributed by atoms with Crippen molar-refractivity contribution in [1.82, 2.24) is 0 Å². The molecular weight excluding hydrogens is 310 g/mol. The molecule has 0 spiro atoms. The number of amides is 1. The zero-order valence-electron chi connectivity index (χ0n) is 13.1. The van der Waals surface area contributed by atoms with E-state index in [0.717, 1.165) is 27.2 Å². The maximum absolute atomic E-state index is 11.2. The highest BCUT2D eigenvalue weighted by Crippen LogP contribution is 2.30. The van der Waals surface area contributed by atoms with Crippen LogP contribution < -0.4 is 5.73 Å². The molecule has 0 saturated carbocycles. The van der Waals surface area contributed by atoms with Crippen LogP contribution in [0, 0.1) is 6.92 Å². The molecular formula is C18H19NO3S. The maximum atomic E-state index is 11.2. The number of hydrogen-bond acceptors (Lipinski definition) is 4. The van der Waals surface area contributed by atoms with Crippen LogP contribution in [0.25, 0.3) is 0 Å². The molecule has 0 radical (unpaired) electrons. The van der Waals surface area contributed by atoms with Crippen molar-refractivity contribution in [3.05, 3.63) is 59.2 Å². The summed E-state index contributed by atoms with van der Waals surface area (Å²) < 4.78 is 4.92. The Morgan fingerprint density at radius 3 is 2.57 bits per heavy atom. The maximum Gasteiger partial charge on any atom is 0.404 e. The molecule has 0 saturated heterocycles. The van der Waals surface area contributed by atoms with Gasteiger partial charge in [0.15, 0.2) is 6.29 Å². The monoisotopic (exact) mass is 329 g/mol. The van der Waals surface area contributed by atoms with Gasteiger partial charge in [0.05, 0.1) is 0 Å². The van der Waals surface area contributed by atoms with Gasteiger partial charge in [-0.2, -0.15) is 0 Å². The number of nitrogens with two attached hydrogens (primary N) is 1. The van der Waals surface area contributed by atoms with E-state index in [9.17, 15) is 9.59 Å². The van der Waals surface area contributed by atoms with E-state index >= 15 is 0 Å². The fraction of sp³-hybridized carbons (Fsp3) is 0.222. The molecule has 0 aliphatic carbocycles. The number of aldehydes is 1. The van der Waals surface area contributed by atoms with Gasteiger partial charge in [0.2, 0.25) is 0 Å². The molecule has 0 bridgehead atoms. The first-order valence-corrected chi connectivity index (χ1v) is 8.08. The third kappa shape index (κ3) is 5.14. The van der Waals surface area contributed by atoms with Gasteiger partial charge in [0.1, 0.15) is 6.10 Å². The van der Waals surface area contributed by atoms with E-state index in [4.69, 9.17) is 10.5 Å². The Kier molecular flexibility index (Phi) is 5.82. The molecule has 5 heteroatoms. The molecule has 0 aliphatic heterocycles. The smallest absolute Gasteiger partial charge is 0.404 e. The first-order valence-electron chi connectivity index (χ1n) is 7.26. The fourth-order valence-corrected chi connectivity index (χ4v) is 3.13. The van der Waals surface area contributed by atoms with Crippen molar-refractivity contribution >= 4 is 24.1 Å². The predicted molar refractivity (Wildman–Crippen MR) is 91.0 cm³/mol. The topological polar surface area (TPSA) is 69.4 Å². The van der Waals surface area contributed by atoms with Crippen LogP contribution in [0.1, 0.15) is 28.4 Å². The lowest BCUT2D eigenvalue weighted by Crippen LogP contribution is -2.21. The van der Waals surface area contributed by atoms with E-state index in [1.165, 1.54) is 0 Å². The SMILES string of the molecule is Cc1ccc(Sc2ccc(C[C@@H](C)OC(N)=O)cc2)c(C=O)c1. The molecule has 2 rings (SSSR count). The lowest BCUT2D eigenvalue weighted by Gasteiger charge is -2.12. The van der Waals surface area contributed by atoms with Crippen LogP contribution in [0.5, 0.6) is 0 Å². The normalized spacial score (nSPS) is 11.7. The second kappa shape index (κ2) is 7.83. The number of ether oxygens (including phenoxy) is 1. The number of hydrogen-bond donors (Lipinski definition) is 1. The second-order valence-electron chi connectivity index (χ2n) is 5.36. The summed E-state index contributed by atoms with van der Waals surface area (Å²) in [5.41, 5.74) is 7.82. The summed E-state index contributed by atoms with van der Waals surface area (Å²) in [5, 5.41) is 0. The fourth-order valence-electron chi connectivity index (χ4n) is 2.25. The lowest BCUT2D eigenvalue weighted by atomic mass is 10.1. The number of carbonyl (C=O) groups is 2. The van der Waals surface area contributed by atoms with E-state index < -0.39 is 6.09 Å². The molecule has 0 unspecified atom stereocenters. The average molecular weight is 329 g/mol. The van der Waals surface area contributed by atoms with Gasteiger partial charge in [-0.1, -0.05) is 35.5 Å². The Morgan fingerprint density at radius 1 is 1.26 bits per heavy atom. The highest BCUT2D eigenvalue weighted by atomic mass is 32.2. The highest BCUT2D eigenvalue weighted by Gasteiger charge is 2.08. The largest absolute Gasteiger partial charge is 0.446 e. The molecule has 1 amide bonds. The van der Waals surface area contributed by atoms with Gasteiger partial charge in [-0.15, -0.1) is 0 Å². The molecule has 1 atom stereocenters. The van der Waals surface area contributed by atoms with Crippen LogP contribution in [0.3, 0.4) is 0 Å². The predicted octanol–water partition coefficient (Wildman–Crippen LogP) is 3.99. The van der Waals surface area contributed by atoms with E-state index in [1.54, 1.807) is 18.7 Å². The Hall–Kier alpha value is -2.27. The summed E-state index contributed by atoms with van der Waals surface area (Å²) in [6.45, 7) is 3.77. The van der Waals surface area contributed by atoms with Crippen molar-refractivity contribution in [1.29, 1.82) is 0 Å². The highest BCUT2D eigenvalue weighted by molar-refractivity contribution is 7.99. The Bertz CT molecular complexity index is 698. The third-order valence-electron chi connectivity index (χ3n) is 3.28. The Balaban J connectivity index is 2.05. The van der Waals surface area contributed by atoms with Crippen molar-refractivity contribution in [3.8, 4) is 0 Å². The summed E-state index contributed by atoms with van der Waals surface area (Å²) in [6.07, 6.45) is 0.472. The number of aryl methyl sites for hydroxylation is 1. The molecule has 2 aromatic rings. The summed E-state index contributed by atoms with van der Waals surface area (Å²) in [4.78, 5) is 23.9. The zero-order valence-corrected chi connectivity index (χ0v) is 13.9. The van der Waals surface area contributed by atoms with Crippen LogP contribution >= 0.6 is 11.8 Å². The summed E-state index contributed by atoms with van der Waals surface area (Å²) >= 11 is 1.55. The molecule has 23 heavy (non-hydrogen) atoms. The summed E-state index contributed by atoms with van der Waals surface area (Å²) in [6, 6.07) is 13.8. The first kappa shape index (κ1) is 17.1. The van der Waals surface area contributed by atoms with Crippen molar-refractivity contribution in [2.24, 2.45) is 5.73 Å². The number of primary amides is 1. The number of carbonyl (C=O) groups excluding carboxylic acids is 2. The van der Waals surface area contributed by atoms with E-state index in [2.05, 4.69) is 0 Å². The first-order chi connectivity index (χ1) is 11.0. The minimum absolute atomic E-state index is 0.259. The van der Waals surface area contributed by atoms with Gasteiger partial charge in [0, 0.05) is 21.8 Å². The van der Waals surface area contributed by atoms with Crippen molar-refractivity contribution in [3.63, 3.8) is 0 Å². The van der Waals surface area contributed by atoms with Crippen molar-refractivity contribution < 1.29 is 14.3 Å². The molecule has 2 N–H and O–H groups in total. The van der Waals surface area contributed by atoms with Crippen LogP contribution in [0.15, 0.2) is 52.3 Å². The molecule has 0 fully saturated rings. The van der Waals surface area contributed by atoms with Gasteiger partial charge in [-0.3, -0.25) is 4.79 Å². The van der Waals surface area contributed by atoms with E-state index in [-0.39, 0.29) is 6.10 Å². The molecule has 0 aromatic heterocycles. The van der Waals surface area contributed by atoms with Gasteiger partial charge in [-0.05, 0) is 43.7 Å². The van der Waals surface area contributed by atoms with Gasteiger partial charge >= 0.3 is 6.09 Å². The molecule has 120 valence electrons. The number of benzene rings is 2. The molecule has 0 aliphatic rings. The number of rotatable bonds is 6. The van der Waals surface area contributed by atoms with E-state index in [1.807, 2.05) is 49.4 Å². The van der Waals surface area contributed by atoms with Crippen LogP contribution in [-0.4, -0.2) is 18.5 Å². The lowest BCUT2D eigenvalue weighted by molar-refractivity contribution is 0.111. The third-order valence-corrected chi connectivity index (χ3v) is 4.38. The standard InChI is InChI=1S/C18H19NO3S/c1-12-3-8-17(15(9-12)11-20)23-16-6-4-14(5-7-16)10-13(2)22-18(19)21/h3-9,11,13H,10H2,1-2H3,(H2,19,21)/t13-/m1/s1. The van der Waals surface area contributed by atoms with Gasteiger partial charge in [-0.25, -0.2) is 4.79 Å². The van der Waals surface area contributed by atoms with Crippen molar-refractivity contribution in [2.45, 2.75) is 36.2 Å². The van der Waals surface area contributed by atoms with Crippen LogP contribution in [0.2, 0.25) is 0 Å². The van der Waals surface area contributed by atoms with Crippen LogP contribution in [0.4, 0.5) is 4.79 Å². The Labute approximate surface area is 140 Å². The van der Waals surface area contributed by atoms with Gasteiger partial charge in [0.25, 0.3) is 0 Å². The summed E-state index contributed by atoms with van der Waals surface area (Å²) in [5.74, 6) is 0. The van der Waals surface area contributed by atoms with Crippen molar-refractivity contribution in [2.75, 3.05) is 0 Å². The minimum Gasteiger partial charge on any atom is -0.446 e. The summed E-state index contributed by atoms with van der Waals surface area (Å²) in [7, 11) is 0. The Morgan fingerprint density at radius 2 is 1.96 bits per heavy atom. The quantitative estimate of drug-likeness (QED) is 0.814.